The highest BCUT2D eigenvalue weighted by molar-refractivity contribution is 7.91. The first-order valence-electron chi connectivity index (χ1n) is 6.49. The summed E-state index contributed by atoms with van der Waals surface area (Å²) in [5.41, 5.74) is 0. The second-order valence-electron chi connectivity index (χ2n) is 4.86. The van der Waals surface area contributed by atoms with Crippen LogP contribution < -0.4 is 10.0 Å². The Morgan fingerprint density at radius 1 is 1.60 bits per heavy atom. The molecule has 1 aromatic rings. The third-order valence-corrected chi connectivity index (χ3v) is 6.18. The van der Waals surface area contributed by atoms with Crippen molar-refractivity contribution in [2.24, 2.45) is 0 Å². The maximum atomic E-state index is 12.3. The zero-order chi connectivity index (χ0) is 14.8. The highest BCUT2D eigenvalue weighted by atomic mass is 32.2. The third kappa shape index (κ3) is 3.38. The largest absolute Gasteiger partial charge is 0.336 e. The van der Waals surface area contributed by atoms with E-state index in [0.29, 0.717) is 6.54 Å². The Morgan fingerprint density at radius 3 is 2.95 bits per heavy atom. The molecule has 2 rings (SSSR count). The van der Waals surface area contributed by atoms with E-state index in [1.165, 1.54) is 6.07 Å². The molecule has 0 spiro atoms. The van der Waals surface area contributed by atoms with E-state index in [0.717, 1.165) is 24.4 Å². The van der Waals surface area contributed by atoms with Crippen LogP contribution in [0, 0.1) is 0 Å². The zero-order valence-electron chi connectivity index (χ0n) is 11.5. The minimum atomic E-state index is -3.61. The lowest BCUT2D eigenvalue weighted by molar-refractivity contribution is -0.135. The molecule has 2 unspecified atom stereocenters. The van der Waals surface area contributed by atoms with Crippen molar-refractivity contribution in [3.63, 3.8) is 0 Å². The first-order chi connectivity index (χ1) is 9.42. The zero-order valence-corrected chi connectivity index (χ0v) is 13.1. The molecule has 2 atom stereocenters. The number of hydrogen-bond acceptors (Lipinski definition) is 5. The fourth-order valence-electron chi connectivity index (χ4n) is 2.17. The summed E-state index contributed by atoms with van der Waals surface area (Å²) < 4.78 is 26.9. The fourth-order valence-corrected chi connectivity index (χ4v) is 4.38. The summed E-state index contributed by atoms with van der Waals surface area (Å²) in [6.45, 7) is 5.61. The molecule has 0 aromatic carbocycles. The molecule has 0 radical (unpaired) electrons. The highest BCUT2D eigenvalue weighted by Crippen LogP contribution is 2.16. The maximum absolute atomic E-state index is 12.3. The molecule has 2 N–H and O–H groups in total. The normalized spacial score (nSPS) is 21.7. The minimum absolute atomic E-state index is 0.0740. The standard InChI is InChI=1S/C12H19N3O3S2/c1-9-8-13-5-6-15(9)12(16)10(2)14-20(17,18)11-4-3-7-19-11/h3-4,7,9-10,13-14H,5-6,8H2,1-2H3. The Bertz CT molecular complexity index is 557. The molecule has 2 heterocycles. The number of nitrogens with zero attached hydrogens (tertiary/aromatic N) is 1. The van der Waals surface area contributed by atoms with Crippen molar-refractivity contribution in [3.05, 3.63) is 17.5 Å². The van der Waals surface area contributed by atoms with Gasteiger partial charge in [-0.1, -0.05) is 6.07 Å². The van der Waals surface area contributed by atoms with Crippen molar-refractivity contribution in [2.75, 3.05) is 19.6 Å². The van der Waals surface area contributed by atoms with Gasteiger partial charge in [0.25, 0.3) is 10.0 Å². The van der Waals surface area contributed by atoms with E-state index in [1.54, 1.807) is 23.3 Å². The topological polar surface area (TPSA) is 78.5 Å². The van der Waals surface area contributed by atoms with E-state index in [-0.39, 0.29) is 16.2 Å². The second-order valence-corrected chi connectivity index (χ2v) is 7.75. The van der Waals surface area contributed by atoms with Crippen LogP contribution in [0.1, 0.15) is 13.8 Å². The maximum Gasteiger partial charge on any atom is 0.250 e. The molecule has 1 amide bonds. The lowest BCUT2D eigenvalue weighted by atomic mass is 10.2. The van der Waals surface area contributed by atoms with Crippen molar-refractivity contribution in [2.45, 2.75) is 30.1 Å². The summed E-state index contributed by atoms with van der Waals surface area (Å²) in [7, 11) is -3.61. The molecule has 1 aliphatic rings. The summed E-state index contributed by atoms with van der Waals surface area (Å²) in [5.74, 6) is -0.181. The molecule has 1 aromatic heterocycles. The number of sulfonamides is 1. The molecule has 1 aliphatic heterocycles. The van der Waals surface area contributed by atoms with Crippen molar-refractivity contribution in [3.8, 4) is 0 Å². The molecule has 0 aliphatic carbocycles. The van der Waals surface area contributed by atoms with Gasteiger partial charge in [0, 0.05) is 25.7 Å². The molecular weight excluding hydrogens is 298 g/mol. The van der Waals surface area contributed by atoms with E-state index >= 15 is 0 Å². The average molecular weight is 317 g/mol. The lowest BCUT2D eigenvalue weighted by Crippen LogP contribution is -2.57. The van der Waals surface area contributed by atoms with Crippen molar-refractivity contribution < 1.29 is 13.2 Å². The van der Waals surface area contributed by atoms with Gasteiger partial charge >= 0.3 is 0 Å². The van der Waals surface area contributed by atoms with Gasteiger partial charge in [0.1, 0.15) is 4.21 Å². The average Bonchev–Trinajstić information content (AvgIpc) is 2.92. The van der Waals surface area contributed by atoms with E-state index in [4.69, 9.17) is 0 Å². The van der Waals surface area contributed by atoms with Gasteiger partial charge in [0.15, 0.2) is 0 Å². The van der Waals surface area contributed by atoms with Gasteiger partial charge in [-0.25, -0.2) is 8.42 Å². The number of rotatable bonds is 4. The molecule has 20 heavy (non-hydrogen) atoms. The minimum Gasteiger partial charge on any atom is -0.336 e. The van der Waals surface area contributed by atoms with Crippen LogP contribution in [-0.4, -0.2) is 50.9 Å². The van der Waals surface area contributed by atoms with E-state index in [1.807, 2.05) is 6.92 Å². The van der Waals surface area contributed by atoms with Crippen molar-refractivity contribution in [1.82, 2.24) is 14.9 Å². The van der Waals surface area contributed by atoms with Crippen molar-refractivity contribution >= 4 is 27.3 Å². The number of thiophene rings is 1. The van der Waals surface area contributed by atoms with Crippen LogP contribution in [-0.2, 0) is 14.8 Å². The van der Waals surface area contributed by atoms with Gasteiger partial charge in [-0.2, -0.15) is 4.72 Å². The van der Waals surface area contributed by atoms with Gasteiger partial charge < -0.3 is 10.2 Å². The number of amides is 1. The monoisotopic (exact) mass is 317 g/mol. The molecule has 112 valence electrons. The third-order valence-electron chi connectivity index (χ3n) is 3.25. The molecule has 1 fully saturated rings. The van der Waals surface area contributed by atoms with Gasteiger partial charge in [-0.15, -0.1) is 11.3 Å². The van der Waals surface area contributed by atoms with Crippen LogP contribution in [0.15, 0.2) is 21.7 Å². The lowest BCUT2D eigenvalue weighted by Gasteiger charge is -2.35. The summed E-state index contributed by atoms with van der Waals surface area (Å²) >= 11 is 1.13. The second kappa shape index (κ2) is 6.21. The predicted octanol–water partition coefficient (Wildman–Crippen LogP) is 0.235. The Morgan fingerprint density at radius 2 is 2.35 bits per heavy atom. The van der Waals surface area contributed by atoms with Crippen molar-refractivity contribution in [1.29, 1.82) is 0 Å². The Balaban J connectivity index is 2.04. The van der Waals surface area contributed by atoms with E-state index in [2.05, 4.69) is 10.0 Å². The van der Waals surface area contributed by atoms with Crippen LogP contribution in [0.5, 0.6) is 0 Å². The number of nitrogens with one attached hydrogen (secondary N) is 2. The molecular formula is C12H19N3O3S2. The smallest absolute Gasteiger partial charge is 0.250 e. The summed E-state index contributed by atoms with van der Waals surface area (Å²) in [4.78, 5) is 14.1. The van der Waals surface area contributed by atoms with Crippen LogP contribution in [0.3, 0.4) is 0 Å². The number of carbonyl (C=O) groups is 1. The fraction of sp³-hybridized carbons (Fsp3) is 0.583. The quantitative estimate of drug-likeness (QED) is 0.833. The van der Waals surface area contributed by atoms with Crippen LogP contribution >= 0.6 is 11.3 Å². The molecule has 6 nitrogen and oxygen atoms in total. The predicted molar refractivity (Wildman–Crippen MR) is 78.1 cm³/mol. The van der Waals surface area contributed by atoms with Crippen LogP contribution in [0.2, 0.25) is 0 Å². The first kappa shape index (κ1) is 15.4. The molecule has 0 saturated carbocycles. The number of carbonyl (C=O) groups excluding carboxylic acids is 1. The van der Waals surface area contributed by atoms with Crippen LogP contribution in [0.25, 0.3) is 0 Å². The van der Waals surface area contributed by atoms with E-state index < -0.39 is 16.1 Å². The molecule has 0 bridgehead atoms. The summed E-state index contributed by atoms with van der Waals surface area (Å²) in [5, 5.41) is 4.89. The number of piperazine rings is 1. The summed E-state index contributed by atoms with van der Waals surface area (Å²) in [6, 6.07) is 2.51. The van der Waals surface area contributed by atoms with Gasteiger partial charge in [-0.3, -0.25) is 4.79 Å². The van der Waals surface area contributed by atoms with E-state index in [9.17, 15) is 13.2 Å². The van der Waals surface area contributed by atoms with Gasteiger partial charge in [-0.05, 0) is 25.3 Å². The highest BCUT2D eigenvalue weighted by Gasteiger charge is 2.29. The summed E-state index contributed by atoms with van der Waals surface area (Å²) in [6.07, 6.45) is 0. The van der Waals surface area contributed by atoms with Gasteiger partial charge in [0.05, 0.1) is 6.04 Å². The van der Waals surface area contributed by atoms with Crippen LogP contribution in [0.4, 0.5) is 0 Å². The Kier molecular flexibility index (Phi) is 4.79. The molecule has 8 heteroatoms. The molecule has 1 saturated heterocycles. The first-order valence-corrected chi connectivity index (χ1v) is 8.85. The Hall–Kier alpha value is -0.960. The Labute approximate surface area is 123 Å². The number of hydrogen-bond donors (Lipinski definition) is 2. The SMILES string of the molecule is CC(NS(=O)(=O)c1cccs1)C(=O)N1CCNCC1C. The van der Waals surface area contributed by atoms with Gasteiger partial charge in [0.2, 0.25) is 5.91 Å².